The summed E-state index contributed by atoms with van der Waals surface area (Å²) in [5, 5.41) is 2.14. The summed E-state index contributed by atoms with van der Waals surface area (Å²) in [6.07, 6.45) is 0.748. The number of alkyl halides is 3. The summed E-state index contributed by atoms with van der Waals surface area (Å²) in [4.78, 5) is 20.2. The molecule has 2 amide bonds. The van der Waals surface area contributed by atoms with Crippen LogP contribution in [0.25, 0.3) is 0 Å². The second-order valence-corrected chi connectivity index (χ2v) is 1.72. The molecule has 0 spiro atoms. The van der Waals surface area contributed by atoms with Crippen molar-refractivity contribution in [3.8, 4) is 0 Å². The highest BCUT2D eigenvalue weighted by molar-refractivity contribution is 6.01. The van der Waals surface area contributed by atoms with E-state index in [2.05, 4.69) is 5.32 Å². The largest absolute Gasteiger partial charge is 0.379 e. The van der Waals surface area contributed by atoms with Gasteiger partial charge in [-0.2, -0.15) is 13.2 Å². The number of carbonyl (C=O) groups excluding carboxylic acids is 2. The van der Waals surface area contributed by atoms with Crippen molar-refractivity contribution in [2.45, 2.75) is 19.5 Å². The number of nitrogens with one attached hydrogen (secondary N) is 1. The number of halogens is 3. The fraction of sp³-hybridized carbons (Fsp3) is 0.600. The Morgan fingerprint density at radius 3 is 1.45 bits per heavy atom. The Balaban J connectivity index is 0.000000218. The van der Waals surface area contributed by atoms with E-state index in [4.69, 9.17) is 0 Å². The first-order valence-corrected chi connectivity index (χ1v) is 2.77. The zero-order valence-electron chi connectivity index (χ0n) is 5.44. The topological polar surface area (TPSA) is 46.2 Å². The van der Waals surface area contributed by atoms with E-state index in [1.165, 1.54) is 0 Å². The molecule has 0 aromatic heterocycles. The van der Waals surface area contributed by atoms with E-state index in [1.54, 1.807) is 0 Å². The molecule has 6 heteroatoms. The van der Waals surface area contributed by atoms with E-state index in [-0.39, 0.29) is 11.8 Å². The van der Waals surface area contributed by atoms with E-state index in [9.17, 15) is 22.8 Å². The molecule has 0 radical (unpaired) electrons. The van der Waals surface area contributed by atoms with E-state index in [1.807, 2.05) is 0 Å². The van der Waals surface area contributed by atoms with E-state index < -0.39 is 6.68 Å². The summed E-state index contributed by atoms with van der Waals surface area (Å²) in [5.41, 5.74) is 0. The molecule has 1 heterocycles. The normalized spacial score (nSPS) is 16.0. The molecule has 1 saturated heterocycles. The van der Waals surface area contributed by atoms with Gasteiger partial charge in [0.05, 0.1) is 0 Å². The molecule has 64 valence electrons. The average molecular weight is 169 g/mol. The summed E-state index contributed by atoms with van der Waals surface area (Å²) in [7, 11) is 0. The highest BCUT2D eigenvalue weighted by Gasteiger charge is 2.15. The monoisotopic (exact) mass is 169 g/mol. The van der Waals surface area contributed by atoms with Crippen molar-refractivity contribution in [1.29, 1.82) is 0 Å². The molecule has 0 unspecified atom stereocenters. The maximum absolute atomic E-state index is 10.1. The highest BCUT2D eigenvalue weighted by atomic mass is 19.4. The van der Waals surface area contributed by atoms with Crippen molar-refractivity contribution in [3.05, 3.63) is 0 Å². The van der Waals surface area contributed by atoms with E-state index >= 15 is 0 Å². The van der Waals surface area contributed by atoms with Crippen LogP contribution in [-0.4, -0.2) is 18.5 Å². The lowest BCUT2D eigenvalue weighted by molar-refractivity contribution is -0.124. The fourth-order valence-electron chi connectivity index (χ4n) is 0.508. The first kappa shape index (κ1) is 9.93. The number of carbonyl (C=O) groups is 2. The molecule has 1 aliphatic rings. The Labute approximate surface area is 60.6 Å². The third-order valence-corrected chi connectivity index (χ3v) is 0.858. The Bertz CT molecular complexity index is 143. The van der Waals surface area contributed by atoms with Gasteiger partial charge in [0.2, 0.25) is 11.8 Å². The van der Waals surface area contributed by atoms with Gasteiger partial charge in [0, 0.05) is 12.8 Å². The summed E-state index contributed by atoms with van der Waals surface area (Å²) < 4.78 is 29.0. The first-order chi connectivity index (χ1) is 5.02. The van der Waals surface area contributed by atoms with Crippen LogP contribution in [0.2, 0.25) is 0 Å². The predicted molar refractivity (Wildman–Crippen MR) is 29.5 cm³/mol. The van der Waals surface area contributed by atoms with Crippen molar-refractivity contribution < 1.29 is 22.8 Å². The molecule has 0 aromatic carbocycles. The molecular formula is C5H6F3NO2. The zero-order chi connectivity index (χ0) is 8.85. The molecule has 1 aliphatic heterocycles. The van der Waals surface area contributed by atoms with Crippen LogP contribution in [0.4, 0.5) is 13.2 Å². The maximum Gasteiger partial charge on any atom is 0.379 e. The Morgan fingerprint density at radius 2 is 1.36 bits per heavy atom. The maximum atomic E-state index is 10.1. The Kier molecular flexibility index (Phi) is 4.24. The molecule has 0 atom stereocenters. The van der Waals surface area contributed by atoms with Gasteiger partial charge in [-0.25, -0.2) is 0 Å². The molecule has 1 rings (SSSR count). The smallest absolute Gasteiger partial charge is 0.296 e. The molecule has 0 saturated carbocycles. The second-order valence-electron chi connectivity index (χ2n) is 1.72. The van der Waals surface area contributed by atoms with Crippen LogP contribution in [0.1, 0.15) is 12.8 Å². The Hall–Kier alpha value is -1.07. The quantitative estimate of drug-likeness (QED) is 0.540. The summed E-state index contributed by atoms with van der Waals surface area (Å²) >= 11 is 0. The van der Waals surface area contributed by atoms with Crippen LogP contribution in [0, 0.1) is 0 Å². The summed E-state index contributed by atoms with van der Waals surface area (Å²) in [6, 6.07) is 0. The van der Waals surface area contributed by atoms with Crippen LogP contribution in [0.15, 0.2) is 0 Å². The van der Waals surface area contributed by atoms with Crippen LogP contribution in [-0.2, 0) is 9.59 Å². The third-order valence-electron chi connectivity index (χ3n) is 0.858. The average Bonchev–Trinajstić information content (AvgIpc) is 2.13. The highest BCUT2D eigenvalue weighted by Crippen LogP contribution is 1.95. The molecule has 0 bridgehead atoms. The van der Waals surface area contributed by atoms with E-state index in [0.29, 0.717) is 12.8 Å². The minimum absolute atomic E-state index is 0.148. The van der Waals surface area contributed by atoms with Gasteiger partial charge in [0.15, 0.2) is 0 Å². The van der Waals surface area contributed by atoms with Gasteiger partial charge in [0.1, 0.15) is 0 Å². The van der Waals surface area contributed by atoms with Gasteiger partial charge < -0.3 is 0 Å². The van der Waals surface area contributed by atoms with E-state index in [0.717, 1.165) is 0 Å². The second kappa shape index (κ2) is 4.70. The molecule has 1 fully saturated rings. The van der Waals surface area contributed by atoms with Gasteiger partial charge in [0.25, 0.3) is 0 Å². The molecule has 3 nitrogen and oxygen atoms in total. The van der Waals surface area contributed by atoms with Crippen molar-refractivity contribution in [2.24, 2.45) is 0 Å². The van der Waals surface area contributed by atoms with Crippen LogP contribution in [0.3, 0.4) is 0 Å². The summed E-state index contributed by atoms with van der Waals surface area (Å²) in [6.45, 7) is -3.67. The van der Waals surface area contributed by atoms with Gasteiger partial charge in [-0.1, -0.05) is 0 Å². The number of amides is 2. The predicted octanol–water partition coefficient (Wildman–Crippen LogP) is 0.601. The SMILES string of the molecule is FC(F)F.O=C1CCC(=O)N1. The van der Waals surface area contributed by atoms with Crippen LogP contribution < -0.4 is 5.32 Å². The zero-order valence-corrected chi connectivity index (χ0v) is 5.44. The third kappa shape index (κ3) is 6.82. The number of hydrogen-bond acceptors (Lipinski definition) is 2. The van der Waals surface area contributed by atoms with Crippen molar-refractivity contribution in [1.82, 2.24) is 5.32 Å². The van der Waals surface area contributed by atoms with Crippen molar-refractivity contribution >= 4 is 11.8 Å². The van der Waals surface area contributed by atoms with Gasteiger partial charge in [-0.05, 0) is 0 Å². The molecule has 1 N–H and O–H groups in total. The molecule has 11 heavy (non-hydrogen) atoms. The number of imide groups is 1. The van der Waals surface area contributed by atoms with Crippen molar-refractivity contribution in [2.75, 3.05) is 0 Å². The van der Waals surface area contributed by atoms with Crippen LogP contribution in [0.5, 0.6) is 0 Å². The minimum Gasteiger partial charge on any atom is -0.296 e. The minimum atomic E-state index is -3.67. The molecule has 0 aromatic rings. The fourth-order valence-corrected chi connectivity index (χ4v) is 0.508. The van der Waals surface area contributed by atoms with Gasteiger partial charge >= 0.3 is 6.68 Å². The number of hydrogen-bond donors (Lipinski definition) is 1. The lowest BCUT2D eigenvalue weighted by Crippen LogP contribution is -2.18. The van der Waals surface area contributed by atoms with Crippen molar-refractivity contribution in [3.63, 3.8) is 0 Å². The Morgan fingerprint density at radius 1 is 1.09 bits per heavy atom. The van der Waals surface area contributed by atoms with Crippen LogP contribution >= 0.6 is 0 Å². The van der Waals surface area contributed by atoms with Gasteiger partial charge in [-0.15, -0.1) is 0 Å². The van der Waals surface area contributed by atoms with Gasteiger partial charge in [-0.3, -0.25) is 14.9 Å². The number of rotatable bonds is 0. The standard InChI is InChI=1S/C4H5NO2.CHF3/c6-3-1-2-4(7)5-3;2-1(3)4/h1-2H2,(H,5,6,7);1H. The first-order valence-electron chi connectivity index (χ1n) is 2.77. The summed E-state index contributed by atoms with van der Waals surface area (Å²) in [5.74, 6) is -0.296. The lowest BCUT2D eigenvalue weighted by atomic mass is 10.4. The lowest BCUT2D eigenvalue weighted by Gasteiger charge is -1.79. The molecular weight excluding hydrogens is 163 g/mol. The molecule has 0 aliphatic carbocycles.